The van der Waals surface area contributed by atoms with E-state index in [0.717, 1.165) is 38.3 Å². The van der Waals surface area contributed by atoms with E-state index in [1.54, 1.807) is 6.33 Å². The summed E-state index contributed by atoms with van der Waals surface area (Å²) in [6, 6.07) is 0.426. The number of hydrogen-bond donors (Lipinski definition) is 2. The molecule has 1 aromatic heterocycles. The Morgan fingerprint density at radius 2 is 1.42 bits per heavy atom. The molecule has 2 heterocycles. The lowest BCUT2D eigenvalue weighted by atomic mass is 9.79. The SMILES string of the molecule is CCCCCCCCCCCNc1ncnc(N(CCCC)C2CC(C)(C)NC(C)(C)C2)n1. The Labute approximate surface area is 204 Å². The Morgan fingerprint density at radius 3 is 2.03 bits per heavy atom. The van der Waals surface area contributed by atoms with Crippen LogP contribution < -0.4 is 15.5 Å². The molecule has 33 heavy (non-hydrogen) atoms. The standard InChI is InChI=1S/C27H52N6/c1-7-9-11-12-13-14-15-16-17-18-28-24-29-22-30-25(31-24)33(19-10-8-2)23-20-26(3,4)32-27(5,6)21-23/h22-23,32H,7-21H2,1-6H3,(H,28,29,30,31). The van der Waals surface area contributed by atoms with Crippen molar-refractivity contribution in [3.8, 4) is 0 Å². The zero-order valence-corrected chi connectivity index (χ0v) is 22.6. The number of nitrogens with one attached hydrogen (secondary N) is 2. The van der Waals surface area contributed by atoms with Gasteiger partial charge in [-0.3, -0.25) is 0 Å². The van der Waals surface area contributed by atoms with Crippen LogP contribution in [0.1, 0.15) is 125 Å². The lowest BCUT2D eigenvalue weighted by Gasteiger charge is -2.49. The summed E-state index contributed by atoms with van der Waals surface area (Å²) in [7, 11) is 0. The van der Waals surface area contributed by atoms with Crippen molar-refractivity contribution in [2.45, 2.75) is 142 Å². The monoisotopic (exact) mass is 460 g/mol. The van der Waals surface area contributed by atoms with Gasteiger partial charge in [0.15, 0.2) is 0 Å². The normalized spacial score (nSPS) is 17.8. The summed E-state index contributed by atoms with van der Waals surface area (Å²) in [5.74, 6) is 1.54. The topological polar surface area (TPSA) is 66.0 Å². The number of unbranched alkanes of at least 4 members (excludes halogenated alkanes) is 9. The second-order valence-electron chi connectivity index (χ2n) is 11.4. The Balaban J connectivity index is 1.87. The molecule has 0 atom stereocenters. The highest BCUT2D eigenvalue weighted by molar-refractivity contribution is 5.37. The fourth-order valence-electron chi connectivity index (χ4n) is 5.41. The minimum atomic E-state index is 0.0982. The lowest BCUT2D eigenvalue weighted by molar-refractivity contribution is 0.157. The van der Waals surface area contributed by atoms with Crippen LogP contribution in [-0.4, -0.2) is 45.2 Å². The van der Waals surface area contributed by atoms with E-state index >= 15 is 0 Å². The van der Waals surface area contributed by atoms with E-state index in [9.17, 15) is 0 Å². The largest absolute Gasteiger partial charge is 0.354 e. The van der Waals surface area contributed by atoms with Crippen LogP contribution in [0.25, 0.3) is 0 Å². The van der Waals surface area contributed by atoms with Crippen molar-refractivity contribution in [3.05, 3.63) is 6.33 Å². The molecule has 0 saturated carbocycles. The second-order valence-corrected chi connectivity index (χ2v) is 11.4. The predicted octanol–water partition coefficient (Wildman–Crippen LogP) is 6.73. The highest BCUT2D eigenvalue weighted by Gasteiger charge is 2.40. The van der Waals surface area contributed by atoms with Gasteiger partial charge in [0, 0.05) is 30.2 Å². The van der Waals surface area contributed by atoms with Crippen molar-refractivity contribution in [2.75, 3.05) is 23.3 Å². The van der Waals surface area contributed by atoms with Gasteiger partial charge in [0.2, 0.25) is 11.9 Å². The van der Waals surface area contributed by atoms with E-state index < -0.39 is 0 Å². The first kappa shape index (κ1) is 27.8. The summed E-state index contributed by atoms with van der Waals surface area (Å²) < 4.78 is 0. The Hall–Kier alpha value is -1.43. The molecule has 1 aromatic rings. The van der Waals surface area contributed by atoms with Crippen molar-refractivity contribution in [3.63, 3.8) is 0 Å². The third-order valence-corrected chi connectivity index (χ3v) is 6.74. The molecular weight excluding hydrogens is 408 g/mol. The van der Waals surface area contributed by atoms with E-state index in [4.69, 9.17) is 4.98 Å². The summed E-state index contributed by atoms with van der Waals surface area (Å²) in [5, 5.41) is 7.25. The van der Waals surface area contributed by atoms with Gasteiger partial charge >= 0.3 is 0 Å². The Morgan fingerprint density at radius 1 is 0.848 bits per heavy atom. The van der Waals surface area contributed by atoms with E-state index in [0.29, 0.717) is 12.0 Å². The molecule has 1 aliphatic heterocycles. The van der Waals surface area contributed by atoms with E-state index in [1.165, 1.54) is 64.2 Å². The number of hydrogen-bond acceptors (Lipinski definition) is 6. The average molecular weight is 461 g/mol. The second kappa shape index (κ2) is 14.1. The maximum Gasteiger partial charge on any atom is 0.230 e. The van der Waals surface area contributed by atoms with Crippen LogP contribution in [0.4, 0.5) is 11.9 Å². The number of rotatable bonds is 16. The maximum atomic E-state index is 4.84. The quantitative estimate of drug-likeness (QED) is 0.267. The average Bonchev–Trinajstić information content (AvgIpc) is 2.73. The van der Waals surface area contributed by atoms with Crippen molar-refractivity contribution >= 4 is 11.9 Å². The van der Waals surface area contributed by atoms with Gasteiger partial charge in [0.25, 0.3) is 0 Å². The van der Waals surface area contributed by atoms with Crippen LogP contribution >= 0.6 is 0 Å². The van der Waals surface area contributed by atoms with E-state index in [2.05, 4.69) is 67.0 Å². The molecule has 0 aliphatic carbocycles. The molecule has 2 rings (SSSR count). The Bertz CT molecular complexity index is 644. The third kappa shape index (κ3) is 10.6. The molecule has 0 spiro atoms. The zero-order valence-electron chi connectivity index (χ0n) is 22.6. The fraction of sp³-hybridized carbons (Fsp3) is 0.889. The smallest absolute Gasteiger partial charge is 0.230 e. The van der Waals surface area contributed by atoms with Gasteiger partial charge < -0.3 is 15.5 Å². The molecule has 0 amide bonds. The van der Waals surface area contributed by atoms with Crippen LogP contribution in [0, 0.1) is 0 Å². The summed E-state index contributed by atoms with van der Waals surface area (Å²) in [6.45, 7) is 15.7. The van der Waals surface area contributed by atoms with Crippen molar-refractivity contribution in [1.82, 2.24) is 20.3 Å². The summed E-state index contributed by atoms with van der Waals surface area (Å²) >= 11 is 0. The first-order valence-electron chi connectivity index (χ1n) is 13.8. The van der Waals surface area contributed by atoms with Crippen LogP contribution in [0.2, 0.25) is 0 Å². The molecular formula is C27H52N6. The minimum Gasteiger partial charge on any atom is -0.354 e. The summed E-state index contributed by atoms with van der Waals surface area (Å²) in [5.41, 5.74) is 0.196. The van der Waals surface area contributed by atoms with Gasteiger partial charge in [-0.1, -0.05) is 71.6 Å². The highest BCUT2D eigenvalue weighted by Crippen LogP contribution is 2.33. The van der Waals surface area contributed by atoms with Gasteiger partial charge in [-0.05, 0) is 53.4 Å². The van der Waals surface area contributed by atoms with Gasteiger partial charge in [-0.25, -0.2) is 9.97 Å². The first-order chi connectivity index (χ1) is 15.8. The third-order valence-electron chi connectivity index (χ3n) is 6.74. The molecule has 0 aromatic carbocycles. The van der Waals surface area contributed by atoms with Gasteiger partial charge in [-0.2, -0.15) is 4.98 Å². The van der Waals surface area contributed by atoms with Crippen molar-refractivity contribution in [1.29, 1.82) is 0 Å². The molecule has 6 nitrogen and oxygen atoms in total. The van der Waals surface area contributed by atoms with Crippen LogP contribution in [0.3, 0.4) is 0 Å². The molecule has 1 fully saturated rings. The number of aromatic nitrogens is 3. The predicted molar refractivity (Wildman–Crippen MR) is 142 cm³/mol. The minimum absolute atomic E-state index is 0.0982. The fourth-order valence-corrected chi connectivity index (χ4v) is 5.41. The molecule has 0 radical (unpaired) electrons. The number of anilines is 2. The first-order valence-corrected chi connectivity index (χ1v) is 13.8. The van der Waals surface area contributed by atoms with Gasteiger partial charge in [0.05, 0.1) is 0 Å². The molecule has 1 saturated heterocycles. The Kier molecular flexibility index (Phi) is 11.9. The molecule has 190 valence electrons. The summed E-state index contributed by atoms with van der Waals surface area (Å²) in [4.78, 5) is 16.3. The number of nitrogens with zero attached hydrogens (tertiary/aromatic N) is 4. The van der Waals surface area contributed by atoms with Crippen LogP contribution in [0.5, 0.6) is 0 Å². The van der Waals surface area contributed by atoms with Crippen LogP contribution in [0.15, 0.2) is 6.33 Å². The molecule has 2 N–H and O–H groups in total. The molecule has 1 aliphatic rings. The van der Waals surface area contributed by atoms with Crippen LogP contribution in [-0.2, 0) is 0 Å². The maximum absolute atomic E-state index is 4.84. The zero-order chi connectivity index (χ0) is 24.2. The number of piperidine rings is 1. The van der Waals surface area contributed by atoms with E-state index in [1.807, 2.05) is 0 Å². The lowest BCUT2D eigenvalue weighted by Crippen LogP contribution is -2.62. The van der Waals surface area contributed by atoms with E-state index in [-0.39, 0.29) is 11.1 Å². The summed E-state index contributed by atoms with van der Waals surface area (Å²) in [6.07, 6.45) is 18.3. The van der Waals surface area contributed by atoms with Gasteiger partial charge in [0.1, 0.15) is 6.33 Å². The molecule has 6 heteroatoms. The van der Waals surface area contributed by atoms with Gasteiger partial charge in [-0.15, -0.1) is 0 Å². The van der Waals surface area contributed by atoms with Crippen molar-refractivity contribution < 1.29 is 0 Å². The van der Waals surface area contributed by atoms with Crippen molar-refractivity contribution in [2.24, 2.45) is 0 Å². The molecule has 0 unspecified atom stereocenters. The highest BCUT2D eigenvalue weighted by atomic mass is 15.3. The molecule has 0 bridgehead atoms.